The van der Waals surface area contributed by atoms with Crippen molar-refractivity contribution in [2.24, 2.45) is 0 Å². The van der Waals surface area contributed by atoms with E-state index in [2.05, 4.69) is 43.2 Å². The molecule has 1 aromatic carbocycles. The Balaban J connectivity index is 2.33. The van der Waals surface area contributed by atoms with Crippen molar-refractivity contribution in [2.75, 3.05) is 13.1 Å². The molecule has 0 radical (unpaired) electrons. The molecule has 1 unspecified atom stereocenters. The molecule has 5 heteroatoms. The van der Waals surface area contributed by atoms with E-state index in [-0.39, 0.29) is 24.3 Å². The third-order valence-corrected chi connectivity index (χ3v) is 3.92. The fourth-order valence-electron chi connectivity index (χ4n) is 2.74. The van der Waals surface area contributed by atoms with Gasteiger partial charge >= 0.3 is 0 Å². The van der Waals surface area contributed by atoms with Crippen molar-refractivity contribution in [3.8, 4) is 0 Å². The predicted molar refractivity (Wildman–Crippen MR) is 98.0 cm³/mol. The second kappa shape index (κ2) is 10.1. The molecule has 0 heterocycles. The van der Waals surface area contributed by atoms with Crippen LogP contribution < -0.4 is 10.6 Å². The molecule has 0 spiro atoms. The van der Waals surface area contributed by atoms with E-state index in [1.807, 2.05) is 25.1 Å². The second-order valence-electron chi connectivity index (χ2n) is 6.72. The maximum Gasteiger partial charge on any atom is 0.251 e. The number of carbonyl (C=O) groups is 2. The van der Waals surface area contributed by atoms with Crippen molar-refractivity contribution in [2.45, 2.75) is 59.2 Å². The van der Waals surface area contributed by atoms with Crippen LogP contribution in [0.5, 0.6) is 0 Å². The molecular formula is C19H31N3O2. The molecule has 0 saturated carbocycles. The first-order valence-corrected chi connectivity index (χ1v) is 8.69. The van der Waals surface area contributed by atoms with Gasteiger partial charge in [-0.1, -0.05) is 18.2 Å². The largest absolute Gasteiger partial charge is 0.355 e. The normalized spacial score (nSPS) is 12.5. The van der Waals surface area contributed by atoms with Crippen LogP contribution in [0.15, 0.2) is 30.3 Å². The van der Waals surface area contributed by atoms with Gasteiger partial charge in [-0.25, -0.2) is 0 Å². The number of benzene rings is 1. The first-order valence-electron chi connectivity index (χ1n) is 8.69. The monoisotopic (exact) mass is 333 g/mol. The van der Waals surface area contributed by atoms with Crippen LogP contribution in [0.2, 0.25) is 0 Å². The van der Waals surface area contributed by atoms with Gasteiger partial charge in [0.15, 0.2) is 0 Å². The van der Waals surface area contributed by atoms with Crippen LogP contribution in [0.1, 0.15) is 51.4 Å². The molecule has 1 rings (SSSR count). The number of hydrogen-bond donors (Lipinski definition) is 2. The van der Waals surface area contributed by atoms with Crippen molar-refractivity contribution in [1.82, 2.24) is 15.5 Å². The summed E-state index contributed by atoms with van der Waals surface area (Å²) in [6, 6.07) is 9.72. The zero-order chi connectivity index (χ0) is 18.1. The van der Waals surface area contributed by atoms with Gasteiger partial charge in [-0.3, -0.25) is 14.5 Å². The molecule has 0 aliphatic heterocycles. The Labute approximate surface area is 145 Å². The summed E-state index contributed by atoms with van der Waals surface area (Å²) in [5, 5.41) is 5.79. The summed E-state index contributed by atoms with van der Waals surface area (Å²) in [7, 11) is 0. The van der Waals surface area contributed by atoms with Gasteiger partial charge in [-0.05, 0) is 46.8 Å². The van der Waals surface area contributed by atoms with Crippen molar-refractivity contribution >= 4 is 11.8 Å². The Kier molecular flexibility index (Phi) is 8.47. The van der Waals surface area contributed by atoms with E-state index < -0.39 is 0 Å². The van der Waals surface area contributed by atoms with Crippen molar-refractivity contribution in [3.63, 3.8) is 0 Å². The summed E-state index contributed by atoms with van der Waals surface area (Å²) in [6.07, 6.45) is 0.280. The topological polar surface area (TPSA) is 61.4 Å². The number of carbonyl (C=O) groups excluding carboxylic acids is 2. The van der Waals surface area contributed by atoms with Crippen molar-refractivity contribution in [1.29, 1.82) is 0 Å². The highest BCUT2D eigenvalue weighted by Gasteiger charge is 2.15. The zero-order valence-electron chi connectivity index (χ0n) is 15.5. The smallest absolute Gasteiger partial charge is 0.251 e. The minimum absolute atomic E-state index is 0.0386. The number of rotatable bonds is 9. The zero-order valence-corrected chi connectivity index (χ0v) is 15.5. The van der Waals surface area contributed by atoms with Crippen LogP contribution in [0.25, 0.3) is 0 Å². The Morgan fingerprint density at radius 2 is 1.58 bits per heavy atom. The lowest BCUT2D eigenvalue weighted by molar-refractivity contribution is -0.121. The standard InChI is InChI=1S/C19H31N3O2/c1-14(2)22(15(3)4)12-11-20-18(23)13-16(5)21-19(24)17-9-7-6-8-10-17/h6-10,14-16H,11-13H2,1-5H3,(H,20,23)(H,21,24). The van der Waals surface area contributed by atoms with E-state index in [1.54, 1.807) is 12.1 Å². The van der Waals surface area contributed by atoms with Gasteiger partial charge in [0.05, 0.1) is 0 Å². The lowest BCUT2D eigenvalue weighted by Gasteiger charge is -2.30. The second-order valence-corrected chi connectivity index (χ2v) is 6.72. The molecule has 0 fully saturated rings. The van der Waals surface area contributed by atoms with Crippen molar-refractivity contribution in [3.05, 3.63) is 35.9 Å². The van der Waals surface area contributed by atoms with Gasteiger partial charge < -0.3 is 10.6 Å². The molecule has 0 aromatic heterocycles. The molecule has 1 atom stereocenters. The molecule has 5 nitrogen and oxygen atoms in total. The quantitative estimate of drug-likeness (QED) is 0.730. The molecule has 1 aromatic rings. The average molecular weight is 333 g/mol. The molecule has 2 N–H and O–H groups in total. The van der Waals surface area contributed by atoms with E-state index in [0.29, 0.717) is 24.2 Å². The van der Waals surface area contributed by atoms with E-state index in [9.17, 15) is 9.59 Å². The molecule has 24 heavy (non-hydrogen) atoms. The molecule has 0 aliphatic carbocycles. The summed E-state index contributed by atoms with van der Waals surface area (Å²) in [6.45, 7) is 11.9. The predicted octanol–water partition coefficient (Wildman–Crippen LogP) is 2.43. The number of nitrogens with one attached hydrogen (secondary N) is 2. The van der Waals surface area contributed by atoms with Gasteiger partial charge in [0.1, 0.15) is 0 Å². The van der Waals surface area contributed by atoms with Gasteiger partial charge in [0.2, 0.25) is 5.91 Å². The van der Waals surface area contributed by atoms with Gasteiger partial charge in [0.25, 0.3) is 5.91 Å². The first kappa shape index (κ1) is 20.2. The molecule has 134 valence electrons. The lowest BCUT2D eigenvalue weighted by Crippen LogP contribution is -2.43. The van der Waals surface area contributed by atoms with Gasteiger partial charge in [-0.15, -0.1) is 0 Å². The van der Waals surface area contributed by atoms with Crippen LogP contribution >= 0.6 is 0 Å². The molecule has 0 saturated heterocycles. The number of hydrogen-bond acceptors (Lipinski definition) is 3. The summed E-state index contributed by atoms with van der Waals surface area (Å²) in [5.74, 6) is -0.190. The van der Waals surface area contributed by atoms with Crippen LogP contribution in [-0.2, 0) is 4.79 Å². The van der Waals surface area contributed by atoms with Crippen LogP contribution in [0.4, 0.5) is 0 Å². The lowest BCUT2D eigenvalue weighted by atomic mass is 10.1. The van der Waals surface area contributed by atoms with E-state index in [4.69, 9.17) is 0 Å². The first-order chi connectivity index (χ1) is 11.3. The van der Waals surface area contributed by atoms with Gasteiger partial charge in [-0.2, -0.15) is 0 Å². The number of nitrogens with zero attached hydrogens (tertiary/aromatic N) is 1. The Bertz CT molecular complexity index is 507. The summed E-state index contributed by atoms with van der Waals surface area (Å²) >= 11 is 0. The number of amides is 2. The minimum Gasteiger partial charge on any atom is -0.355 e. The Morgan fingerprint density at radius 3 is 2.12 bits per heavy atom. The highest BCUT2D eigenvalue weighted by Crippen LogP contribution is 2.03. The molecule has 0 aliphatic rings. The third kappa shape index (κ3) is 7.13. The minimum atomic E-state index is -0.205. The highest BCUT2D eigenvalue weighted by molar-refractivity contribution is 5.94. The average Bonchev–Trinajstić information content (AvgIpc) is 2.51. The maximum atomic E-state index is 12.0. The molecule has 2 amide bonds. The van der Waals surface area contributed by atoms with Gasteiger partial charge in [0, 0.05) is 43.2 Å². The van der Waals surface area contributed by atoms with Crippen LogP contribution in [0, 0.1) is 0 Å². The highest BCUT2D eigenvalue weighted by atomic mass is 16.2. The fourth-order valence-corrected chi connectivity index (χ4v) is 2.74. The third-order valence-electron chi connectivity index (χ3n) is 3.92. The Morgan fingerprint density at radius 1 is 1.00 bits per heavy atom. The van der Waals surface area contributed by atoms with Crippen LogP contribution in [-0.4, -0.2) is 47.9 Å². The maximum absolute atomic E-state index is 12.0. The fraction of sp³-hybridized carbons (Fsp3) is 0.579. The Hall–Kier alpha value is -1.88. The summed E-state index contributed by atoms with van der Waals surface area (Å²) in [5.41, 5.74) is 0.606. The molecule has 0 bridgehead atoms. The SMILES string of the molecule is CC(CC(=O)NCCN(C(C)C)C(C)C)NC(=O)c1ccccc1. The van der Waals surface area contributed by atoms with E-state index >= 15 is 0 Å². The van der Waals surface area contributed by atoms with E-state index in [1.165, 1.54) is 0 Å². The van der Waals surface area contributed by atoms with E-state index in [0.717, 1.165) is 6.54 Å². The van der Waals surface area contributed by atoms with Crippen LogP contribution in [0.3, 0.4) is 0 Å². The molecular weight excluding hydrogens is 302 g/mol. The summed E-state index contributed by atoms with van der Waals surface area (Å²) in [4.78, 5) is 26.4. The van der Waals surface area contributed by atoms with Crippen molar-refractivity contribution < 1.29 is 9.59 Å². The summed E-state index contributed by atoms with van der Waals surface area (Å²) < 4.78 is 0.